The van der Waals surface area contributed by atoms with Gasteiger partial charge in [-0.1, -0.05) is 101 Å². The highest BCUT2D eigenvalue weighted by atomic mass is 16.3. The molecule has 0 atom stereocenters. The molecule has 1 N–H and O–H groups in total. The quantitative estimate of drug-likeness (QED) is 0.509. The molecule has 1 nitrogen and oxygen atoms in total. The first-order valence-corrected chi connectivity index (χ1v) is 12.0. The number of phenols is 1. The van der Waals surface area contributed by atoms with Crippen LogP contribution in [0.1, 0.15) is 118 Å². The van der Waals surface area contributed by atoms with Gasteiger partial charge in [0.05, 0.1) is 0 Å². The van der Waals surface area contributed by atoms with E-state index in [0.29, 0.717) is 5.75 Å². The Bertz CT molecular complexity index is 895. The fourth-order valence-corrected chi connectivity index (χ4v) is 4.10. The lowest BCUT2D eigenvalue weighted by Gasteiger charge is -2.32. The molecule has 0 bridgehead atoms. The van der Waals surface area contributed by atoms with E-state index in [4.69, 9.17) is 0 Å². The Balaban J connectivity index is 2.93. The average molecular weight is 423 g/mol. The highest BCUT2D eigenvalue weighted by Gasteiger charge is 2.30. The Labute approximate surface area is 192 Å². The molecule has 0 aliphatic heterocycles. The van der Waals surface area contributed by atoms with E-state index in [0.717, 1.165) is 24.0 Å². The third-order valence-electron chi connectivity index (χ3n) is 7.33. The molecule has 0 amide bonds. The van der Waals surface area contributed by atoms with E-state index in [1.807, 2.05) is 0 Å². The molecule has 0 spiro atoms. The van der Waals surface area contributed by atoms with E-state index in [1.165, 1.54) is 22.3 Å². The Morgan fingerprint density at radius 3 is 1.45 bits per heavy atom. The summed E-state index contributed by atoms with van der Waals surface area (Å²) in [4.78, 5) is 0. The van der Waals surface area contributed by atoms with E-state index in [-0.39, 0.29) is 21.7 Å². The van der Waals surface area contributed by atoms with Crippen molar-refractivity contribution in [3.8, 4) is 16.9 Å². The average Bonchev–Trinajstić information content (AvgIpc) is 2.65. The van der Waals surface area contributed by atoms with E-state index >= 15 is 0 Å². The number of hydrogen-bond acceptors (Lipinski definition) is 1. The predicted octanol–water partition coefficient (Wildman–Crippen LogP) is 9.03. The monoisotopic (exact) mass is 422 g/mol. The van der Waals surface area contributed by atoms with Gasteiger partial charge in [-0.3, -0.25) is 0 Å². The van der Waals surface area contributed by atoms with Gasteiger partial charge in [0.15, 0.2) is 0 Å². The molecule has 0 aliphatic carbocycles. The van der Waals surface area contributed by atoms with Crippen molar-refractivity contribution in [3.05, 3.63) is 52.6 Å². The van der Waals surface area contributed by atoms with E-state index in [9.17, 15) is 5.11 Å². The summed E-state index contributed by atoms with van der Waals surface area (Å²) in [5, 5.41) is 11.2. The Morgan fingerprint density at radius 2 is 1.06 bits per heavy atom. The number of benzene rings is 2. The first-order valence-electron chi connectivity index (χ1n) is 12.0. The third-order valence-corrected chi connectivity index (χ3v) is 7.33. The van der Waals surface area contributed by atoms with Gasteiger partial charge < -0.3 is 5.11 Å². The highest BCUT2D eigenvalue weighted by molar-refractivity contribution is 5.73. The topological polar surface area (TPSA) is 20.2 Å². The van der Waals surface area contributed by atoms with Crippen LogP contribution < -0.4 is 0 Å². The second-order valence-electron chi connectivity index (χ2n) is 12.7. The first kappa shape index (κ1) is 25.5. The summed E-state index contributed by atoms with van der Waals surface area (Å²) in [6, 6.07) is 11.5. The van der Waals surface area contributed by atoms with Crippen molar-refractivity contribution in [3.63, 3.8) is 0 Å². The minimum absolute atomic E-state index is 0.0663. The lowest BCUT2D eigenvalue weighted by atomic mass is 9.72. The molecule has 0 radical (unpaired) electrons. The van der Waals surface area contributed by atoms with Crippen molar-refractivity contribution >= 4 is 0 Å². The second-order valence-corrected chi connectivity index (χ2v) is 12.7. The SMILES string of the molecule is CCC(C)(C)c1ccc(-c2cc(C(C)(C)C)c(O)c(C(C)(C)C)c2)c(C(C)(C)CC)c1. The van der Waals surface area contributed by atoms with Crippen LogP contribution in [0.25, 0.3) is 11.1 Å². The van der Waals surface area contributed by atoms with Gasteiger partial charge in [0.25, 0.3) is 0 Å². The number of phenolic OH excluding ortho intramolecular Hbond substituents is 1. The first-order chi connectivity index (χ1) is 14.0. The predicted molar refractivity (Wildman–Crippen MR) is 138 cm³/mol. The van der Waals surface area contributed by atoms with Crippen LogP contribution in [0.2, 0.25) is 0 Å². The lowest BCUT2D eigenvalue weighted by Crippen LogP contribution is -2.21. The van der Waals surface area contributed by atoms with Crippen LogP contribution in [0.4, 0.5) is 0 Å². The molecule has 2 aromatic rings. The van der Waals surface area contributed by atoms with Gasteiger partial charge in [-0.05, 0) is 68.9 Å². The van der Waals surface area contributed by atoms with Crippen molar-refractivity contribution < 1.29 is 5.11 Å². The third kappa shape index (κ3) is 5.18. The molecular weight excluding hydrogens is 376 g/mol. The lowest BCUT2D eigenvalue weighted by molar-refractivity contribution is 0.423. The summed E-state index contributed by atoms with van der Waals surface area (Å²) < 4.78 is 0. The second kappa shape index (κ2) is 8.30. The van der Waals surface area contributed by atoms with Crippen LogP contribution in [-0.4, -0.2) is 5.11 Å². The van der Waals surface area contributed by atoms with Crippen molar-refractivity contribution in [2.24, 2.45) is 0 Å². The van der Waals surface area contributed by atoms with Crippen molar-refractivity contribution in [1.82, 2.24) is 0 Å². The molecule has 0 saturated carbocycles. The van der Waals surface area contributed by atoms with Crippen LogP contribution in [0.5, 0.6) is 5.75 Å². The van der Waals surface area contributed by atoms with Crippen LogP contribution >= 0.6 is 0 Å². The van der Waals surface area contributed by atoms with E-state index < -0.39 is 0 Å². The van der Waals surface area contributed by atoms with Crippen LogP contribution in [0, 0.1) is 0 Å². The molecular formula is C30H46O. The summed E-state index contributed by atoms with van der Waals surface area (Å²) in [6.07, 6.45) is 2.19. The summed E-state index contributed by atoms with van der Waals surface area (Å²) >= 11 is 0. The molecule has 0 aliphatic rings. The zero-order chi connectivity index (χ0) is 24.0. The van der Waals surface area contributed by atoms with E-state index in [2.05, 4.69) is 113 Å². The zero-order valence-electron chi connectivity index (χ0n) is 22.2. The van der Waals surface area contributed by atoms with Crippen LogP contribution in [0.15, 0.2) is 30.3 Å². The van der Waals surface area contributed by atoms with Gasteiger partial charge >= 0.3 is 0 Å². The van der Waals surface area contributed by atoms with Crippen LogP contribution in [0.3, 0.4) is 0 Å². The standard InChI is InChI=1S/C30H46O/c1-13-29(9,10)21-15-16-22(23(19-21)30(11,12)14-2)20-17-24(27(3,4)5)26(31)25(18-20)28(6,7)8/h15-19,31H,13-14H2,1-12H3. The maximum atomic E-state index is 11.2. The maximum absolute atomic E-state index is 11.2. The van der Waals surface area contributed by atoms with Crippen molar-refractivity contribution in [2.45, 2.75) is 118 Å². The van der Waals surface area contributed by atoms with Gasteiger partial charge in [-0.2, -0.15) is 0 Å². The molecule has 0 unspecified atom stereocenters. The minimum atomic E-state index is -0.134. The normalized spacial score (nSPS) is 13.5. The van der Waals surface area contributed by atoms with Gasteiger partial charge in [0.1, 0.15) is 5.75 Å². The molecule has 0 fully saturated rings. The minimum Gasteiger partial charge on any atom is -0.507 e. The van der Waals surface area contributed by atoms with Gasteiger partial charge in [0.2, 0.25) is 0 Å². The summed E-state index contributed by atoms with van der Waals surface area (Å²) in [5.74, 6) is 0.448. The Kier molecular flexibility index (Phi) is 6.83. The molecule has 2 rings (SSSR count). The zero-order valence-corrected chi connectivity index (χ0v) is 22.2. The number of aromatic hydroxyl groups is 1. The van der Waals surface area contributed by atoms with E-state index in [1.54, 1.807) is 0 Å². The number of hydrogen-bond donors (Lipinski definition) is 1. The fourth-order valence-electron chi connectivity index (χ4n) is 4.10. The molecule has 2 aromatic carbocycles. The largest absolute Gasteiger partial charge is 0.507 e. The Morgan fingerprint density at radius 1 is 0.613 bits per heavy atom. The van der Waals surface area contributed by atoms with Gasteiger partial charge in [-0.25, -0.2) is 0 Å². The fraction of sp³-hybridized carbons (Fsp3) is 0.600. The highest BCUT2D eigenvalue weighted by Crippen LogP contribution is 2.45. The summed E-state index contributed by atoms with van der Waals surface area (Å²) in [5.41, 5.74) is 7.30. The van der Waals surface area contributed by atoms with Gasteiger partial charge in [-0.15, -0.1) is 0 Å². The molecule has 0 heterocycles. The summed E-state index contributed by atoms with van der Waals surface area (Å²) in [6.45, 7) is 27.0. The van der Waals surface area contributed by atoms with Gasteiger partial charge in [0, 0.05) is 11.1 Å². The van der Waals surface area contributed by atoms with Crippen LogP contribution in [-0.2, 0) is 21.7 Å². The molecule has 31 heavy (non-hydrogen) atoms. The Hall–Kier alpha value is -1.76. The molecule has 172 valence electrons. The van der Waals surface area contributed by atoms with Crippen molar-refractivity contribution in [2.75, 3.05) is 0 Å². The summed E-state index contributed by atoms with van der Waals surface area (Å²) in [7, 11) is 0. The number of rotatable bonds is 5. The molecule has 0 aromatic heterocycles. The molecule has 0 saturated heterocycles. The molecule has 1 heteroatoms. The van der Waals surface area contributed by atoms with Crippen molar-refractivity contribution in [1.29, 1.82) is 0 Å². The smallest absolute Gasteiger partial charge is 0.123 e. The maximum Gasteiger partial charge on any atom is 0.123 e.